The van der Waals surface area contributed by atoms with Crippen molar-refractivity contribution in [3.05, 3.63) is 0 Å². The monoisotopic (exact) mass is 188 g/mol. The molecular formula is C8H14BFO3. The molecule has 1 fully saturated rings. The van der Waals surface area contributed by atoms with Crippen LogP contribution in [0.5, 0.6) is 0 Å². The third-order valence-corrected chi connectivity index (χ3v) is 1.95. The number of aliphatic hydroxyl groups excluding tert-OH is 1. The fourth-order valence-corrected chi connectivity index (χ4v) is 1.18. The minimum atomic E-state index is -1.51. The van der Waals surface area contributed by atoms with E-state index in [1.54, 1.807) is 0 Å². The van der Waals surface area contributed by atoms with Gasteiger partial charge in [0.1, 0.15) is 26.2 Å². The lowest BCUT2D eigenvalue weighted by molar-refractivity contribution is -0.0476. The first-order valence-corrected chi connectivity index (χ1v) is 4.37. The molecule has 0 saturated carbocycles. The zero-order valence-corrected chi connectivity index (χ0v) is 7.81. The Hall–Kier alpha value is -0.125. The average Bonchev–Trinajstić information content (AvgIpc) is 2.29. The number of alkyl halides is 1. The summed E-state index contributed by atoms with van der Waals surface area (Å²) in [6.07, 6.45) is -3.30. The highest BCUT2D eigenvalue weighted by Gasteiger charge is 2.41. The number of ether oxygens (including phenoxy) is 2. The highest BCUT2D eigenvalue weighted by Crippen LogP contribution is 2.22. The van der Waals surface area contributed by atoms with Gasteiger partial charge in [-0.05, 0) is 13.8 Å². The summed E-state index contributed by atoms with van der Waals surface area (Å²) in [6, 6.07) is -1.03. The summed E-state index contributed by atoms with van der Waals surface area (Å²) in [4.78, 5) is 0. The maximum atomic E-state index is 12.9. The Morgan fingerprint density at radius 2 is 2.23 bits per heavy atom. The Morgan fingerprint density at radius 3 is 2.62 bits per heavy atom. The molecule has 2 unspecified atom stereocenters. The lowest BCUT2D eigenvalue weighted by Gasteiger charge is -2.16. The second-order valence-corrected chi connectivity index (χ2v) is 3.46. The lowest BCUT2D eigenvalue weighted by atomic mass is 9.94. The van der Waals surface area contributed by atoms with Crippen LogP contribution in [-0.4, -0.2) is 50.0 Å². The second-order valence-electron chi connectivity index (χ2n) is 3.46. The molecule has 1 saturated heterocycles. The molecule has 74 valence electrons. The standard InChI is InChI=1S/C8H14BFO3/c1-4(2)12-3-5-7(11)6(10)8(9)13-5/h4-8,11H,3H2,1-2H3/t5-,6?,7?,8-/m1/s1. The summed E-state index contributed by atoms with van der Waals surface area (Å²) < 4.78 is 23.1. The SMILES string of the molecule is [B][C@@H]1O[C@H](COC(C)C)C(O)C1F. The number of hydrogen-bond donors (Lipinski definition) is 1. The van der Waals surface area contributed by atoms with Crippen molar-refractivity contribution in [3.8, 4) is 0 Å². The summed E-state index contributed by atoms with van der Waals surface area (Å²) >= 11 is 0. The summed E-state index contributed by atoms with van der Waals surface area (Å²) in [5.74, 6) is 0. The van der Waals surface area contributed by atoms with Crippen molar-refractivity contribution in [2.45, 2.75) is 44.3 Å². The second kappa shape index (κ2) is 4.40. The normalized spacial score (nSPS) is 40.1. The van der Waals surface area contributed by atoms with Gasteiger partial charge in [0.05, 0.1) is 18.7 Å². The third-order valence-electron chi connectivity index (χ3n) is 1.95. The Bertz CT molecular complexity index is 167. The first kappa shape index (κ1) is 11.0. The maximum absolute atomic E-state index is 12.9. The van der Waals surface area contributed by atoms with Gasteiger partial charge in [0.25, 0.3) is 0 Å². The van der Waals surface area contributed by atoms with Crippen molar-refractivity contribution in [3.63, 3.8) is 0 Å². The predicted molar refractivity (Wildman–Crippen MR) is 46.4 cm³/mol. The van der Waals surface area contributed by atoms with Crippen LogP contribution in [-0.2, 0) is 9.47 Å². The maximum Gasteiger partial charge on any atom is 0.146 e. The molecule has 2 radical (unpaired) electrons. The molecule has 0 aromatic carbocycles. The van der Waals surface area contributed by atoms with E-state index in [-0.39, 0.29) is 12.7 Å². The van der Waals surface area contributed by atoms with E-state index in [1.165, 1.54) is 0 Å². The van der Waals surface area contributed by atoms with E-state index in [9.17, 15) is 9.50 Å². The first-order valence-electron chi connectivity index (χ1n) is 4.37. The third kappa shape index (κ3) is 2.66. The van der Waals surface area contributed by atoms with Crippen molar-refractivity contribution in [1.82, 2.24) is 0 Å². The Balaban J connectivity index is 2.35. The van der Waals surface area contributed by atoms with E-state index in [1.807, 2.05) is 13.8 Å². The van der Waals surface area contributed by atoms with Gasteiger partial charge in [-0.3, -0.25) is 0 Å². The summed E-state index contributed by atoms with van der Waals surface area (Å²) in [6.45, 7) is 3.88. The molecule has 1 aliphatic heterocycles. The molecule has 13 heavy (non-hydrogen) atoms. The van der Waals surface area contributed by atoms with E-state index < -0.39 is 24.4 Å². The van der Waals surface area contributed by atoms with Gasteiger partial charge in [0.2, 0.25) is 0 Å². The van der Waals surface area contributed by atoms with Crippen LogP contribution in [0.2, 0.25) is 0 Å². The highest BCUT2D eigenvalue weighted by atomic mass is 19.1. The topological polar surface area (TPSA) is 38.7 Å². The van der Waals surface area contributed by atoms with Crippen LogP contribution in [0.25, 0.3) is 0 Å². The van der Waals surface area contributed by atoms with Crippen LogP contribution in [0.3, 0.4) is 0 Å². The number of hydrogen-bond acceptors (Lipinski definition) is 3. The fourth-order valence-electron chi connectivity index (χ4n) is 1.18. The van der Waals surface area contributed by atoms with Crippen molar-refractivity contribution in [1.29, 1.82) is 0 Å². The quantitative estimate of drug-likeness (QED) is 0.633. The van der Waals surface area contributed by atoms with Crippen LogP contribution in [0, 0.1) is 0 Å². The predicted octanol–water partition coefficient (Wildman–Crippen LogP) is 0.00380. The van der Waals surface area contributed by atoms with Gasteiger partial charge in [-0.15, -0.1) is 0 Å². The van der Waals surface area contributed by atoms with Gasteiger partial charge < -0.3 is 14.6 Å². The Morgan fingerprint density at radius 1 is 1.62 bits per heavy atom. The lowest BCUT2D eigenvalue weighted by Crippen LogP contribution is -2.32. The summed E-state index contributed by atoms with van der Waals surface area (Å²) in [5.41, 5.74) is 0. The number of halogens is 1. The molecule has 0 aliphatic carbocycles. The molecule has 1 rings (SSSR count). The van der Waals surface area contributed by atoms with Crippen LogP contribution < -0.4 is 0 Å². The molecule has 0 aromatic rings. The van der Waals surface area contributed by atoms with E-state index in [4.69, 9.17) is 17.3 Å². The van der Waals surface area contributed by atoms with Crippen LogP contribution in [0.15, 0.2) is 0 Å². The molecule has 1 N–H and O–H groups in total. The summed E-state index contributed by atoms with van der Waals surface area (Å²) in [5, 5.41) is 9.28. The first-order chi connectivity index (χ1) is 6.02. The van der Waals surface area contributed by atoms with Gasteiger partial charge >= 0.3 is 0 Å². The molecule has 0 spiro atoms. The molecule has 0 aromatic heterocycles. The summed E-state index contributed by atoms with van der Waals surface area (Å²) in [7, 11) is 5.25. The minimum Gasteiger partial charge on any atom is -0.387 e. The van der Waals surface area contributed by atoms with Gasteiger partial charge in [0.15, 0.2) is 0 Å². The molecule has 1 aliphatic rings. The smallest absolute Gasteiger partial charge is 0.146 e. The molecule has 4 atom stereocenters. The van der Waals surface area contributed by atoms with Gasteiger partial charge in [-0.2, -0.15) is 0 Å². The van der Waals surface area contributed by atoms with Gasteiger partial charge in [0, 0.05) is 0 Å². The molecule has 0 bridgehead atoms. The zero-order chi connectivity index (χ0) is 10.0. The minimum absolute atomic E-state index is 0.0330. The number of rotatable bonds is 3. The van der Waals surface area contributed by atoms with E-state index in [0.717, 1.165) is 0 Å². The Kier molecular flexibility index (Phi) is 3.70. The van der Waals surface area contributed by atoms with Crippen molar-refractivity contribution in [2.24, 2.45) is 0 Å². The van der Waals surface area contributed by atoms with Crippen molar-refractivity contribution < 1.29 is 19.0 Å². The molecule has 3 nitrogen and oxygen atoms in total. The van der Waals surface area contributed by atoms with Crippen LogP contribution in [0.1, 0.15) is 13.8 Å². The molecule has 1 heterocycles. The van der Waals surface area contributed by atoms with E-state index >= 15 is 0 Å². The molecular weight excluding hydrogens is 174 g/mol. The molecule has 0 amide bonds. The molecule has 5 heteroatoms. The van der Waals surface area contributed by atoms with E-state index in [0.29, 0.717) is 0 Å². The zero-order valence-electron chi connectivity index (χ0n) is 7.81. The fraction of sp³-hybridized carbons (Fsp3) is 1.00. The van der Waals surface area contributed by atoms with Crippen molar-refractivity contribution >= 4 is 7.85 Å². The Labute approximate surface area is 78.6 Å². The number of aliphatic hydroxyl groups is 1. The van der Waals surface area contributed by atoms with Gasteiger partial charge in [-0.1, -0.05) is 0 Å². The van der Waals surface area contributed by atoms with Crippen molar-refractivity contribution in [2.75, 3.05) is 6.61 Å². The van der Waals surface area contributed by atoms with Crippen LogP contribution in [0.4, 0.5) is 4.39 Å². The average molecular weight is 188 g/mol. The van der Waals surface area contributed by atoms with E-state index in [2.05, 4.69) is 0 Å². The van der Waals surface area contributed by atoms with Gasteiger partial charge in [-0.25, -0.2) is 4.39 Å². The largest absolute Gasteiger partial charge is 0.387 e. The highest BCUT2D eigenvalue weighted by molar-refractivity contribution is 6.11. The van der Waals surface area contributed by atoms with Crippen LogP contribution >= 0.6 is 0 Å².